The zero-order valence-corrected chi connectivity index (χ0v) is 16.3. The molecule has 0 unspecified atom stereocenters. The minimum Gasteiger partial charge on any atom is -0.330 e. The number of hydrazone groups is 1. The van der Waals surface area contributed by atoms with Gasteiger partial charge in [0.2, 0.25) is 0 Å². The topological polar surface area (TPSA) is 27.6 Å². The van der Waals surface area contributed by atoms with Gasteiger partial charge >= 0.3 is 0 Å². The van der Waals surface area contributed by atoms with Gasteiger partial charge in [-0.05, 0) is 67.3 Å². The first-order valence-corrected chi connectivity index (χ1v) is 9.84. The van der Waals surface area contributed by atoms with E-state index < -0.39 is 0 Å². The molecule has 130 valence electrons. The molecule has 3 rings (SSSR count). The quantitative estimate of drug-likeness (QED) is 0.289. The third-order valence-corrected chi connectivity index (χ3v) is 5.29. The average molecular weight is 370 g/mol. The zero-order valence-electron chi connectivity index (χ0n) is 14.6. The van der Waals surface area contributed by atoms with Crippen LogP contribution in [0.15, 0.2) is 58.0 Å². The molecular formula is C20H23N3S2. The molecular weight excluding hydrogens is 346 g/mol. The van der Waals surface area contributed by atoms with Gasteiger partial charge in [-0.3, -0.25) is 0 Å². The number of benzene rings is 2. The molecule has 0 atom stereocenters. The number of anilines is 2. The fourth-order valence-electron chi connectivity index (χ4n) is 3.07. The van der Waals surface area contributed by atoms with Crippen LogP contribution in [-0.4, -0.2) is 12.5 Å². The summed E-state index contributed by atoms with van der Waals surface area (Å²) in [4.78, 5) is 0.936. The molecule has 3 nitrogen and oxygen atoms in total. The molecule has 0 aromatic heterocycles. The van der Waals surface area contributed by atoms with Crippen molar-refractivity contribution in [2.75, 3.05) is 15.5 Å². The molecule has 1 aliphatic rings. The number of thiol groups is 1. The van der Waals surface area contributed by atoms with Crippen molar-refractivity contribution in [3.05, 3.63) is 59.2 Å². The van der Waals surface area contributed by atoms with Crippen LogP contribution in [-0.2, 0) is 6.42 Å². The van der Waals surface area contributed by atoms with Crippen LogP contribution in [0.4, 0.5) is 11.4 Å². The maximum atomic E-state index is 4.38. The van der Waals surface area contributed by atoms with E-state index in [1.165, 1.54) is 16.7 Å². The molecule has 0 amide bonds. The lowest BCUT2D eigenvalue weighted by molar-refractivity contribution is 0.897. The van der Waals surface area contributed by atoms with E-state index in [1.807, 2.05) is 29.3 Å². The van der Waals surface area contributed by atoms with Gasteiger partial charge in [-0.2, -0.15) is 5.10 Å². The number of allylic oxidation sites excluding steroid dienone is 1. The number of nitrogens with one attached hydrogen (secondary N) is 1. The largest absolute Gasteiger partial charge is 0.330 e. The summed E-state index contributed by atoms with van der Waals surface area (Å²) < 4.78 is 3.40. The SMILES string of the molecule is C=NN(C1=C(C)CCc2ccc(NSCC)cc21)c1ccc(S)cc1. The van der Waals surface area contributed by atoms with Gasteiger partial charge in [-0.25, -0.2) is 5.01 Å². The lowest BCUT2D eigenvalue weighted by Crippen LogP contribution is -2.19. The summed E-state index contributed by atoms with van der Waals surface area (Å²) in [5, 5.41) is 6.27. The summed E-state index contributed by atoms with van der Waals surface area (Å²) in [6, 6.07) is 14.6. The lowest BCUT2D eigenvalue weighted by Gasteiger charge is -2.29. The molecule has 0 heterocycles. The monoisotopic (exact) mass is 369 g/mol. The summed E-state index contributed by atoms with van der Waals surface area (Å²) in [6.45, 7) is 8.14. The van der Waals surface area contributed by atoms with Gasteiger partial charge in [0.25, 0.3) is 0 Å². The maximum Gasteiger partial charge on any atom is 0.0717 e. The molecule has 1 aliphatic carbocycles. The molecule has 0 saturated carbocycles. The van der Waals surface area contributed by atoms with E-state index in [4.69, 9.17) is 0 Å². The Kier molecular flexibility index (Phi) is 5.76. The van der Waals surface area contributed by atoms with Crippen LogP contribution >= 0.6 is 24.6 Å². The Hall–Kier alpha value is -1.85. The van der Waals surface area contributed by atoms with Crippen LogP contribution < -0.4 is 9.73 Å². The molecule has 2 aromatic carbocycles. The maximum absolute atomic E-state index is 4.38. The van der Waals surface area contributed by atoms with E-state index in [2.05, 4.69) is 61.2 Å². The minimum atomic E-state index is 0.936. The van der Waals surface area contributed by atoms with Crippen molar-refractivity contribution in [2.45, 2.75) is 31.6 Å². The second-order valence-corrected chi connectivity index (χ2v) is 7.59. The smallest absolute Gasteiger partial charge is 0.0717 e. The van der Waals surface area contributed by atoms with E-state index in [-0.39, 0.29) is 0 Å². The average Bonchev–Trinajstić information content (AvgIpc) is 2.63. The first-order chi connectivity index (χ1) is 12.1. The van der Waals surface area contributed by atoms with Gasteiger partial charge in [-0.15, -0.1) is 12.6 Å². The second-order valence-electron chi connectivity index (χ2n) is 6.01. The number of rotatable bonds is 6. The summed E-state index contributed by atoms with van der Waals surface area (Å²) in [5.41, 5.74) is 7.16. The highest BCUT2D eigenvalue weighted by molar-refractivity contribution is 8.00. The Balaban J connectivity index is 2.05. The number of aryl methyl sites for hydroxylation is 1. The summed E-state index contributed by atoms with van der Waals surface area (Å²) in [5.74, 6) is 1.02. The number of fused-ring (bicyclic) bond motifs is 1. The molecule has 2 aromatic rings. The molecule has 25 heavy (non-hydrogen) atoms. The van der Waals surface area contributed by atoms with Crippen LogP contribution in [0.5, 0.6) is 0 Å². The Morgan fingerprint density at radius 1 is 1.20 bits per heavy atom. The number of hydrogen-bond donors (Lipinski definition) is 2. The molecule has 5 heteroatoms. The highest BCUT2D eigenvalue weighted by Crippen LogP contribution is 2.38. The van der Waals surface area contributed by atoms with Gasteiger partial charge in [-0.1, -0.05) is 24.9 Å². The van der Waals surface area contributed by atoms with Crippen molar-refractivity contribution in [3.63, 3.8) is 0 Å². The van der Waals surface area contributed by atoms with Crippen molar-refractivity contribution in [2.24, 2.45) is 5.10 Å². The van der Waals surface area contributed by atoms with Gasteiger partial charge in [0.05, 0.1) is 11.4 Å². The van der Waals surface area contributed by atoms with E-state index in [0.717, 1.165) is 40.6 Å². The first-order valence-electron chi connectivity index (χ1n) is 8.40. The Morgan fingerprint density at radius 3 is 2.64 bits per heavy atom. The van der Waals surface area contributed by atoms with Crippen LogP contribution in [0.1, 0.15) is 31.4 Å². The summed E-state index contributed by atoms with van der Waals surface area (Å²) >= 11 is 6.08. The first kappa shape index (κ1) is 18.0. The third kappa shape index (κ3) is 3.88. The van der Waals surface area contributed by atoms with Gasteiger partial charge < -0.3 is 4.72 Å². The fraction of sp³-hybridized carbons (Fsp3) is 0.250. The van der Waals surface area contributed by atoms with E-state index in [0.29, 0.717) is 0 Å². The zero-order chi connectivity index (χ0) is 17.8. The minimum absolute atomic E-state index is 0.936. The van der Waals surface area contributed by atoms with Crippen molar-refractivity contribution < 1.29 is 0 Å². The Bertz CT molecular complexity index is 797. The summed E-state index contributed by atoms with van der Waals surface area (Å²) in [6.07, 6.45) is 2.10. The Morgan fingerprint density at radius 2 is 1.96 bits per heavy atom. The molecule has 0 fully saturated rings. The highest BCUT2D eigenvalue weighted by atomic mass is 32.2. The van der Waals surface area contributed by atoms with Crippen molar-refractivity contribution >= 4 is 48.4 Å². The van der Waals surface area contributed by atoms with Gasteiger partial charge in [0.15, 0.2) is 0 Å². The summed E-state index contributed by atoms with van der Waals surface area (Å²) in [7, 11) is 0. The van der Waals surface area contributed by atoms with Gasteiger partial charge in [0, 0.05) is 28.6 Å². The highest BCUT2D eigenvalue weighted by Gasteiger charge is 2.23. The lowest BCUT2D eigenvalue weighted by atomic mass is 9.89. The van der Waals surface area contributed by atoms with Crippen LogP contribution in [0, 0.1) is 0 Å². The van der Waals surface area contributed by atoms with Crippen LogP contribution in [0.3, 0.4) is 0 Å². The molecule has 0 aliphatic heterocycles. The third-order valence-electron chi connectivity index (χ3n) is 4.32. The molecule has 0 bridgehead atoms. The van der Waals surface area contributed by atoms with Gasteiger partial charge in [0.1, 0.15) is 0 Å². The standard InChI is InChI=1S/C20H23N3S2/c1-4-25-22-16-8-7-15-6-5-14(2)20(19(15)13-16)23(21-3)17-9-11-18(24)12-10-17/h7-13,22,24H,3-6H2,1-2H3. The van der Waals surface area contributed by atoms with Crippen LogP contribution in [0.25, 0.3) is 5.70 Å². The molecule has 0 radical (unpaired) electrons. The molecule has 0 spiro atoms. The second kappa shape index (κ2) is 8.02. The van der Waals surface area contributed by atoms with E-state index in [9.17, 15) is 0 Å². The van der Waals surface area contributed by atoms with E-state index >= 15 is 0 Å². The van der Waals surface area contributed by atoms with E-state index in [1.54, 1.807) is 11.9 Å². The normalized spacial score (nSPS) is 13.4. The molecule has 0 saturated heterocycles. The van der Waals surface area contributed by atoms with Crippen LogP contribution in [0.2, 0.25) is 0 Å². The van der Waals surface area contributed by atoms with Crippen molar-refractivity contribution in [1.82, 2.24) is 0 Å². The molecule has 1 N–H and O–H groups in total. The predicted molar refractivity (Wildman–Crippen MR) is 115 cm³/mol. The predicted octanol–water partition coefficient (Wildman–Crippen LogP) is 5.85. The fourth-order valence-corrected chi connectivity index (χ4v) is 3.66. The Labute approximate surface area is 159 Å². The van der Waals surface area contributed by atoms with Crippen molar-refractivity contribution in [1.29, 1.82) is 0 Å². The number of hydrogen-bond acceptors (Lipinski definition) is 5. The van der Waals surface area contributed by atoms with Crippen molar-refractivity contribution in [3.8, 4) is 0 Å². The number of nitrogens with zero attached hydrogens (tertiary/aromatic N) is 2.